The number of hydrogen-bond donors (Lipinski definition) is 1. The topological polar surface area (TPSA) is 66.0 Å². The predicted octanol–water partition coefficient (Wildman–Crippen LogP) is 3.90. The second-order valence-corrected chi connectivity index (χ2v) is 8.16. The SMILES string of the molecule is O=C(NC(c1ccc2c(c1)OCCO2)C1CC1)c1ccc(OCC2CCCO2)cc1. The van der Waals surface area contributed by atoms with Crippen molar-refractivity contribution in [2.75, 3.05) is 26.4 Å². The third-order valence-corrected chi connectivity index (χ3v) is 5.88. The predicted molar refractivity (Wildman–Crippen MR) is 111 cm³/mol. The number of benzene rings is 2. The van der Waals surface area contributed by atoms with Gasteiger partial charge >= 0.3 is 0 Å². The molecule has 1 amide bonds. The number of hydrogen-bond acceptors (Lipinski definition) is 5. The van der Waals surface area contributed by atoms with E-state index >= 15 is 0 Å². The van der Waals surface area contributed by atoms with E-state index in [1.165, 1.54) is 0 Å². The first-order chi connectivity index (χ1) is 14.8. The summed E-state index contributed by atoms with van der Waals surface area (Å²) in [6, 6.07) is 13.3. The largest absolute Gasteiger partial charge is 0.491 e. The fraction of sp³-hybridized carbons (Fsp3) is 0.458. The van der Waals surface area contributed by atoms with Crippen molar-refractivity contribution in [2.45, 2.75) is 37.8 Å². The van der Waals surface area contributed by atoms with Gasteiger partial charge in [0.2, 0.25) is 0 Å². The molecule has 0 spiro atoms. The van der Waals surface area contributed by atoms with Crippen LogP contribution in [0, 0.1) is 5.92 Å². The molecule has 1 aliphatic carbocycles. The Morgan fingerprint density at radius 1 is 1.00 bits per heavy atom. The first-order valence-electron chi connectivity index (χ1n) is 10.8. The molecule has 0 aromatic heterocycles. The lowest BCUT2D eigenvalue weighted by molar-refractivity contribution is 0.0679. The Balaban J connectivity index is 1.24. The maximum Gasteiger partial charge on any atom is 0.251 e. The molecule has 2 heterocycles. The van der Waals surface area contributed by atoms with Crippen molar-refractivity contribution >= 4 is 5.91 Å². The first kappa shape index (κ1) is 19.2. The Kier molecular flexibility index (Phi) is 5.49. The van der Waals surface area contributed by atoms with Gasteiger partial charge in [-0.1, -0.05) is 6.07 Å². The lowest BCUT2D eigenvalue weighted by Gasteiger charge is -2.23. The summed E-state index contributed by atoms with van der Waals surface area (Å²) >= 11 is 0. The van der Waals surface area contributed by atoms with Gasteiger partial charge in [0.15, 0.2) is 11.5 Å². The number of carbonyl (C=O) groups is 1. The second-order valence-electron chi connectivity index (χ2n) is 8.16. The van der Waals surface area contributed by atoms with Gasteiger partial charge in [0, 0.05) is 12.2 Å². The highest BCUT2D eigenvalue weighted by molar-refractivity contribution is 5.94. The molecule has 1 saturated heterocycles. The van der Waals surface area contributed by atoms with E-state index in [4.69, 9.17) is 18.9 Å². The number of carbonyl (C=O) groups excluding carboxylic acids is 1. The normalized spacial score (nSPS) is 21.1. The Hall–Kier alpha value is -2.73. The molecule has 2 atom stereocenters. The zero-order valence-electron chi connectivity index (χ0n) is 17.0. The van der Waals surface area contributed by atoms with Gasteiger partial charge in [0.25, 0.3) is 5.91 Å². The highest BCUT2D eigenvalue weighted by Gasteiger charge is 2.34. The fourth-order valence-electron chi connectivity index (χ4n) is 4.05. The monoisotopic (exact) mass is 409 g/mol. The first-order valence-corrected chi connectivity index (χ1v) is 10.8. The molecular formula is C24H27NO5. The minimum Gasteiger partial charge on any atom is -0.491 e. The van der Waals surface area contributed by atoms with Crippen LogP contribution in [-0.4, -0.2) is 38.4 Å². The molecule has 30 heavy (non-hydrogen) atoms. The number of fused-ring (bicyclic) bond motifs is 1. The number of amides is 1. The highest BCUT2D eigenvalue weighted by atomic mass is 16.6. The fourth-order valence-corrected chi connectivity index (χ4v) is 4.05. The van der Waals surface area contributed by atoms with Crippen LogP contribution in [0.2, 0.25) is 0 Å². The van der Waals surface area contributed by atoms with E-state index in [0.29, 0.717) is 31.3 Å². The van der Waals surface area contributed by atoms with Crippen molar-refractivity contribution in [3.05, 3.63) is 53.6 Å². The molecular weight excluding hydrogens is 382 g/mol. The molecule has 0 bridgehead atoms. The summed E-state index contributed by atoms with van der Waals surface area (Å²) in [6.07, 6.45) is 4.56. The molecule has 6 nitrogen and oxygen atoms in total. The van der Waals surface area contributed by atoms with Gasteiger partial charge in [-0.25, -0.2) is 0 Å². The number of nitrogens with one attached hydrogen (secondary N) is 1. The van der Waals surface area contributed by atoms with Crippen molar-refractivity contribution < 1.29 is 23.7 Å². The average Bonchev–Trinajstić information content (AvgIpc) is 3.50. The van der Waals surface area contributed by atoms with Crippen LogP contribution in [-0.2, 0) is 4.74 Å². The molecule has 2 aromatic rings. The minimum atomic E-state index is -0.0764. The van der Waals surface area contributed by atoms with E-state index in [2.05, 4.69) is 5.32 Å². The quantitative estimate of drug-likeness (QED) is 0.751. The van der Waals surface area contributed by atoms with Crippen molar-refractivity contribution in [3.8, 4) is 17.2 Å². The third-order valence-electron chi connectivity index (χ3n) is 5.88. The van der Waals surface area contributed by atoms with Crippen molar-refractivity contribution in [1.29, 1.82) is 0 Å². The van der Waals surface area contributed by atoms with Crippen molar-refractivity contribution in [2.24, 2.45) is 5.92 Å². The lowest BCUT2D eigenvalue weighted by atomic mass is 10.0. The molecule has 2 aromatic carbocycles. The van der Waals surface area contributed by atoms with E-state index in [0.717, 1.165) is 55.1 Å². The molecule has 0 radical (unpaired) electrons. The molecule has 5 rings (SSSR count). The molecule has 6 heteroatoms. The summed E-state index contributed by atoms with van der Waals surface area (Å²) in [5.74, 6) is 2.67. The molecule has 158 valence electrons. The van der Waals surface area contributed by atoms with E-state index in [1.807, 2.05) is 42.5 Å². The van der Waals surface area contributed by atoms with E-state index < -0.39 is 0 Å². The Labute approximate surface area is 176 Å². The molecule has 1 N–H and O–H groups in total. The van der Waals surface area contributed by atoms with Crippen LogP contribution in [0.4, 0.5) is 0 Å². The van der Waals surface area contributed by atoms with E-state index in [9.17, 15) is 4.79 Å². The zero-order valence-corrected chi connectivity index (χ0v) is 17.0. The molecule has 2 fully saturated rings. The maximum atomic E-state index is 12.9. The van der Waals surface area contributed by atoms with E-state index in [1.54, 1.807) is 0 Å². The van der Waals surface area contributed by atoms with Crippen LogP contribution in [0.15, 0.2) is 42.5 Å². The maximum absolute atomic E-state index is 12.9. The van der Waals surface area contributed by atoms with Crippen LogP contribution < -0.4 is 19.5 Å². The molecule has 2 aliphatic heterocycles. The number of rotatable bonds is 7. The van der Waals surface area contributed by atoms with Crippen LogP contribution in [0.1, 0.15) is 47.6 Å². The standard InChI is InChI=1S/C24H27NO5/c26-24(17-5-8-19(9-6-17)30-15-20-2-1-11-27-20)25-23(16-3-4-16)18-7-10-21-22(14-18)29-13-12-28-21/h5-10,14,16,20,23H,1-4,11-13,15H2,(H,25,26). The summed E-state index contributed by atoms with van der Waals surface area (Å²) in [5.41, 5.74) is 1.69. The van der Waals surface area contributed by atoms with Gasteiger partial charge in [-0.3, -0.25) is 4.79 Å². The van der Waals surface area contributed by atoms with E-state index in [-0.39, 0.29) is 18.1 Å². The van der Waals surface area contributed by atoms with Crippen LogP contribution >= 0.6 is 0 Å². The summed E-state index contributed by atoms with van der Waals surface area (Å²) in [6.45, 7) is 2.50. The van der Waals surface area contributed by atoms with Crippen molar-refractivity contribution in [3.63, 3.8) is 0 Å². The summed E-state index contributed by atoms with van der Waals surface area (Å²) in [5, 5.41) is 3.22. The Morgan fingerprint density at radius 3 is 2.53 bits per heavy atom. The number of ether oxygens (including phenoxy) is 4. The van der Waals surface area contributed by atoms with Gasteiger partial charge in [0.1, 0.15) is 25.6 Å². The second kappa shape index (κ2) is 8.56. The van der Waals surface area contributed by atoms with Gasteiger partial charge in [0.05, 0.1) is 12.1 Å². The van der Waals surface area contributed by atoms with Crippen LogP contribution in [0.3, 0.4) is 0 Å². The average molecular weight is 409 g/mol. The highest BCUT2D eigenvalue weighted by Crippen LogP contribution is 2.43. The smallest absolute Gasteiger partial charge is 0.251 e. The van der Waals surface area contributed by atoms with Gasteiger partial charge in [-0.2, -0.15) is 0 Å². The van der Waals surface area contributed by atoms with Crippen LogP contribution in [0.5, 0.6) is 17.2 Å². The van der Waals surface area contributed by atoms with Gasteiger partial charge < -0.3 is 24.3 Å². The molecule has 3 aliphatic rings. The molecule has 1 saturated carbocycles. The summed E-state index contributed by atoms with van der Waals surface area (Å²) in [4.78, 5) is 12.9. The summed E-state index contributed by atoms with van der Waals surface area (Å²) < 4.78 is 22.7. The molecule has 2 unspecified atom stereocenters. The third kappa shape index (κ3) is 4.38. The lowest BCUT2D eigenvalue weighted by Crippen LogP contribution is -2.30. The Bertz CT molecular complexity index is 887. The minimum absolute atomic E-state index is 0.0243. The van der Waals surface area contributed by atoms with Gasteiger partial charge in [-0.15, -0.1) is 0 Å². The zero-order chi connectivity index (χ0) is 20.3. The van der Waals surface area contributed by atoms with Gasteiger partial charge in [-0.05, 0) is 73.6 Å². The Morgan fingerprint density at radius 2 is 1.80 bits per heavy atom. The van der Waals surface area contributed by atoms with Crippen LogP contribution in [0.25, 0.3) is 0 Å². The summed E-state index contributed by atoms with van der Waals surface area (Å²) in [7, 11) is 0. The van der Waals surface area contributed by atoms with Crippen molar-refractivity contribution in [1.82, 2.24) is 5.32 Å².